The van der Waals surface area contributed by atoms with Crippen molar-refractivity contribution in [1.29, 1.82) is 0 Å². The van der Waals surface area contributed by atoms with Crippen LogP contribution in [0.5, 0.6) is 5.75 Å². The van der Waals surface area contributed by atoms with E-state index in [4.69, 9.17) is 4.74 Å². The van der Waals surface area contributed by atoms with Crippen LogP contribution in [0, 0.1) is 5.82 Å². The molecule has 0 atom stereocenters. The van der Waals surface area contributed by atoms with Crippen molar-refractivity contribution in [2.75, 3.05) is 25.0 Å². The molecule has 1 aliphatic heterocycles. The number of anilines is 1. The molecule has 0 radical (unpaired) electrons. The van der Waals surface area contributed by atoms with Crippen molar-refractivity contribution in [1.82, 2.24) is 4.31 Å². The van der Waals surface area contributed by atoms with Crippen LogP contribution in [0.3, 0.4) is 0 Å². The number of hydrogen-bond acceptors (Lipinski definition) is 4. The second-order valence-electron chi connectivity index (χ2n) is 7.24. The lowest BCUT2D eigenvalue weighted by molar-refractivity contribution is -0.116. The molecule has 2 aromatic carbocycles. The van der Waals surface area contributed by atoms with E-state index in [0.29, 0.717) is 31.8 Å². The molecule has 0 unspecified atom stereocenters. The number of benzene rings is 2. The number of nitrogens with zero attached hydrogens (tertiary/aromatic N) is 1. The van der Waals surface area contributed by atoms with Crippen molar-refractivity contribution in [3.05, 3.63) is 53.8 Å². The minimum atomic E-state index is -3.72. The molecule has 0 spiro atoms. The molecule has 0 aromatic heterocycles. The number of hydrogen-bond donors (Lipinski definition) is 1. The molecule has 6 nitrogen and oxygen atoms in total. The molecule has 1 N–H and O–H groups in total. The van der Waals surface area contributed by atoms with Gasteiger partial charge in [-0.15, -0.1) is 0 Å². The third kappa shape index (κ3) is 5.58. The summed E-state index contributed by atoms with van der Waals surface area (Å²) < 4.78 is 46.6. The summed E-state index contributed by atoms with van der Waals surface area (Å²) in [5.74, 6) is -0.336. The van der Waals surface area contributed by atoms with Crippen LogP contribution in [0.4, 0.5) is 10.1 Å². The van der Waals surface area contributed by atoms with Gasteiger partial charge in [-0.25, -0.2) is 12.8 Å². The van der Waals surface area contributed by atoms with E-state index in [1.807, 2.05) is 0 Å². The van der Waals surface area contributed by atoms with Crippen LogP contribution in [-0.2, 0) is 21.2 Å². The Balaban J connectivity index is 1.75. The second-order valence-corrected chi connectivity index (χ2v) is 9.14. The van der Waals surface area contributed by atoms with Gasteiger partial charge in [0.25, 0.3) is 0 Å². The maximum atomic E-state index is 13.3. The molecular formula is C22H27FN2O4S. The number of nitrogens with one attached hydrogen (secondary N) is 1. The van der Waals surface area contributed by atoms with Crippen molar-refractivity contribution in [2.24, 2.45) is 0 Å². The highest BCUT2D eigenvalue weighted by Gasteiger charge is 2.29. The van der Waals surface area contributed by atoms with Crippen molar-refractivity contribution in [3.63, 3.8) is 0 Å². The SMILES string of the molecule is CCOc1ccc(NC(=O)CCc2cccc(F)c2)cc1S(=O)(=O)N1CCCCC1. The van der Waals surface area contributed by atoms with Gasteiger partial charge in [0.1, 0.15) is 16.5 Å². The lowest BCUT2D eigenvalue weighted by Crippen LogP contribution is -2.35. The van der Waals surface area contributed by atoms with Gasteiger partial charge in [0.15, 0.2) is 0 Å². The van der Waals surface area contributed by atoms with Crippen LogP contribution in [-0.4, -0.2) is 38.3 Å². The number of piperidine rings is 1. The molecule has 1 fully saturated rings. The van der Waals surface area contributed by atoms with Crippen LogP contribution < -0.4 is 10.1 Å². The van der Waals surface area contributed by atoms with Gasteiger partial charge < -0.3 is 10.1 Å². The van der Waals surface area contributed by atoms with E-state index in [1.54, 1.807) is 31.2 Å². The van der Waals surface area contributed by atoms with E-state index in [1.165, 1.54) is 22.5 Å². The number of aryl methyl sites for hydroxylation is 1. The summed E-state index contributed by atoms with van der Waals surface area (Å²) in [5.41, 5.74) is 1.11. The Morgan fingerprint density at radius 1 is 1.13 bits per heavy atom. The fraction of sp³-hybridized carbons (Fsp3) is 0.409. The van der Waals surface area contributed by atoms with E-state index >= 15 is 0 Å². The number of sulfonamides is 1. The van der Waals surface area contributed by atoms with Crippen molar-refractivity contribution < 1.29 is 22.3 Å². The average molecular weight is 435 g/mol. The van der Waals surface area contributed by atoms with Crippen molar-refractivity contribution in [2.45, 2.75) is 43.9 Å². The summed E-state index contributed by atoms with van der Waals surface area (Å²) in [5, 5.41) is 2.74. The molecule has 8 heteroatoms. The van der Waals surface area contributed by atoms with E-state index in [0.717, 1.165) is 24.8 Å². The number of halogens is 1. The third-order valence-electron chi connectivity index (χ3n) is 4.99. The molecule has 0 saturated carbocycles. The van der Waals surface area contributed by atoms with Gasteiger partial charge in [-0.05, 0) is 62.1 Å². The Bertz CT molecular complexity index is 988. The van der Waals surface area contributed by atoms with Crippen LogP contribution in [0.15, 0.2) is 47.4 Å². The first-order valence-corrected chi connectivity index (χ1v) is 11.7. The molecule has 1 heterocycles. The van der Waals surface area contributed by atoms with Gasteiger partial charge in [0, 0.05) is 25.2 Å². The summed E-state index contributed by atoms with van der Waals surface area (Å²) in [7, 11) is -3.72. The van der Waals surface area contributed by atoms with Crippen LogP contribution in [0.25, 0.3) is 0 Å². The Hall–Kier alpha value is -2.45. The third-order valence-corrected chi connectivity index (χ3v) is 6.91. The Kier molecular flexibility index (Phi) is 7.44. The number of carbonyl (C=O) groups is 1. The highest BCUT2D eigenvalue weighted by Crippen LogP contribution is 2.31. The Morgan fingerprint density at radius 2 is 1.90 bits per heavy atom. The molecule has 1 aliphatic rings. The zero-order valence-corrected chi connectivity index (χ0v) is 17.9. The van der Waals surface area contributed by atoms with Crippen LogP contribution in [0.2, 0.25) is 0 Å². The summed E-state index contributed by atoms with van der Waals surface area (Å²) in [6.07, 6.45) is 3.23. The first-order valence-electron chi connectivity index (χ1n) is 10.2. The van der Waals surface area contributed by atoms with Gasteiger partial charge in [-0.3, -0.25) is 4.79 Å². The predicted molar refractivity (Wildman–Crippen MR) is 114 cm³/mol. The van der Waals surface area contributed by atoms with E-state index in [2.05, 4.69) is 5.32 Å². The number of ether oxygens (including phenoxy) is 1. The highest BCUT2D eigenvalue weighted by atomic mass is 32.2. The fourth-order valence-corrected chi connectivity index (χ4v) is 5.15. The lowest BCUT2D eigenvalue weighted by Gasteiger charge is -2.27. The number of amides is 1. The van der Waals surface area contributed by atoms with Gasteiger partial charge in [-0.2, -0.15) is 4.31 Å². The minimum Gasteiger partial charge on any atom is -0.492 e. The highest BCUT2D eigenvalue weighted by molar-refractivity contribution is 7.89. The molecule has 30 heavy (non-hydrogen) atoms. The molecule has 1 amide bonds. The Labute approximate surface area is 177 Å². The number of rotatable bonds is 8. The summed E-state index contributed by atoms with van der Waals surface area (Å²) in [4.78, 5) is 12.4. The Morgan fingerprint density at radius 3 is 2.60 bits per heavy atom. The standard InChI is InChI=1S/C22H27FN2O4S/c1-2-29-20-11-10-19(16-21(20)30(27,28)25-13-4-3-5-14-25)24-22(26)12-9-17-7-6-8-18(23)15-17/h6-8,10-11,15-16H,2-5,9,12-14H2,1H3,(H,24,26). The van der Waals surface area contributed by atoms with Gasteiger partial charge in [0.2, 0.25) is 15.9 Å². The lowest BCUT2D eigenvalue weighted by atomic mass is 10.1. The predicted octanol–water partition coefficient (Wildman–Crippen LogP) is 3.97. The van der Waals surface area contributed by atoms with E-state index < -0.39 is 10.0 Å². The zero-order valence-electron chi connectivity index (χ0n) is 17.1. The normalized spacial score (nSPS) is 15.0. The van der Waals surface area contributed by atoms with Gasteiger partial charge in [0.05, 0.1) is 6.61 Å². The molecule has 1 saturated heterocycles. The molecular weight excluding hydrogens is 407 g/mol. The largest absolute Gasteiger partial charge is 0.492 e. The van der Waals surface area contributed by atoms with Crippen molar-refractivity contribution >= 4 is 21.6 Å². The maximum absolute atomic E-state index is 13.3. The van der Waals surface area contributed by atoms with Gasteiger partial charge in [-0.1, -0.05) is 18.6 Å². The summed E-state index contributed by atoms with van der Waals surface area (Å²) in [6, 6.07) is 10.8. The molecule has 0 aliphatic carbocycles. The van der Waals surface area contributed by atoms with Crippen molar-refractivity contribution in [3.8, 4) is 5.75 Å². The topological polar surface area (TPSA) is 75.7 Å². The van der Waals surface area contributed by atoms with E-state index in [-0.39, 0.29) is 28.8 Å². The van der Waals surface area contributed by atoms with Gasteiger partial charge >= 0.3 is 0 Å². The molecule has 2 aromatic rings. The smallest absolute Gasteiger partial charge is 0.246 e. The maximum Gasteiger partial charge on any atom is 0.246 e. The molecule has 0 bridgehead atoms. The minimum absolute atomic E-state index is 0.0641. The monoisotopic (exact) mass is 434 g/mol. The van der Waals surface area contributed by atoms with Crippen LogP contribution in [0.1, 0.15) is 38.2 Å². The molecule has 162 valence electrons. The fourth-order valence-electron chi connectivity index (χ4n) is 3.48. The first kappa shape index (κ1) is 22.2. The number of carbonyl (C=O) groups excluding carboxylic acids is 1. The average Bonchev–Trinajstić information content (AvgIpc) is 2.74. The zero-order chi connectivity index (χ0) is 21.6. The quantitative estimate of drug-likeness (QED) is 0.682. The first-order chi connectivity index (χ1) is 14.4. The summed E-state index contributed by atoms with van der Waals surface area (Å²) >= 11 is 0. The van der Waals surface area contributed by atoms with Crippen LogP contribution >= 0.6 is 0 Å². The summed E-state index contributed by atoms with van der Waals surface area (Å²) in [6.45, 7) is 3.09. The molecule has 3 rings (SSSR count). The van der Waals surface area contributed by atoms with E-state index in [9.17, 15) is 17.6 Å². The second kappa shape index (κ2) is 10.0.